The molecule has 0 aromatic carbocycles. The van der Waals surface area contributed by atoms with Crippen LogP contribution in [-0.4, -0.2) is 37.4 Å². The molecule has 0 atom stereocenters. The monoisotopic (exact) mass is 420 g/mol. The predicted molar refractivity (Wildman–Crippen MR) is 85.1 cm³/mol. The highest BCUT2D eigenvalue weighted by molar-refractivity contribution is 14.0. The minimum absolute atomic E-state index is 0. The zero-order chi connectivity index (χ0) is 15.2. The first-order chi connectivity index (χ1) is 9.33. The van der Waals surface area contributed by atoms with Gasteiger partial charge in [-0.2, -0.15) is 13.2 Å². The summed E-state index contributed by atoms with van der Waals surface area (Å²) in [4.78, 5) is 3.86. The van der Waals surface area contributed by atoms with Crippen molar-refractivity contribution in [3.63, 3.8) is 0 Å². The Balaban J connectivity index is 0.00000400. The Hall–Kier alpha value is -1.00. The average molecular weight is 420 g/mol. The minimum atomic E-state index is -4.16. The summed E-state index contributed by atoms with van der Waals surface area (Å²) in [7, 11) is 1.51. The van der Waals surface area contributed by atoms with Crippen LogP contribution in [0.15, 0.2) is 9.52 Å². The summed E-state index contributed by atoms with van der Waals surface area (Å²) in [6, 6.07) is 0. The zero-order valence-electron chi connectivity index (χ0n) is 12.2. The van der Waals surface area contributed by atoms with Crippen molar-refractivity contribution in [2.75, 3.05) is 20.1 Å². The fourth-order valence-electron chi connectivity index (χ4n) is 1.71. The third kappa shape index (κ3) is 7.53. The van der Waals surface area contributed by atoms with E-state index in [2.05, 4.69) is 20.8 Å². The first kappa shape index (κ1) is 20.0. The van der Waals surface area contributed by atoms with Crippen molar-refractivity contribution in [1.29, 1.82) is 0 Å². The van der Waals surface area contributed by atoms with Crippen LogP contribution in [0.25, 0.3) is 0 Å². The molecule has 1 heterocycles. The van der Waals surface area contributed by atoms with E-state index in [9.17, 15) is 13.2 Å². The second kappa shape index (κ2) is 9.11. The molecular formula is C12H20F3IN4O. The van der Waals surface area contributed by atoms with Crippen LogP contribution in [-0.2, 0) is 6.42 Å². The van der Waals surface area contributed by atoms with Crippen LogP contribution in [0.4, 0.5) is 13.2 Å². The number of rotatable bonds is 5. The van der Waals surface area contributed by atoms with Gasteiger partial charge in [-0.1, -0.05) is 5.16 Å². The van der Waals surface area contributed by atoms with Gasteiger partial charge in [0.2, 0.25) is 0 Å². The SMILES string of the molecule is CN=C(NCCc1c(C)noc1C)NCCC(F)(F)F.I. The normalized spacial score (nSPS) is 12.0. The molecule has 21 heavy (non-hydrogen) atoms. The maximum atomic E-state index is 12.0. The number of hydrogen-bond acceptors (Lipinski definition) is 3. The summed E-state index contributed by atoms with van der Waals surface area (Å²) in [6.07, 6.45) is -4.39. The molecule has 0 amide bonds. The van der Waals surface area contributed by atoms with Crippen LogP contribution in [0.3, 0.4) is 0 Å². The highest BCUT2D eigenvalue weighted by Gasteiger charge is 2.26. The van der Waals surface area contributed by atoms with E-state index < -0.39 is 12.6 Å². The van der Waals surface area contributed by atoms with E-state index in [1.54, 1.807) is 0 Å². The van der Waals surface area contributed by atoms with E-state index in [-0.39, 0.29) is 30.5 Å². The summed E-state index contributed by atoms with van der Waals surface area (Å²) in [5.41, 5.74) is 1.83. The molecule has 0 fully saturated rings. The quantitative estimate of drug-likeness (QED) is 0.437. The smallest absolute Gasteiger partial charge is 0.361 e. The van der Waals surface area contributed by atoms with Crippen molar-refractivity contribution < 1.29 is 17.7 Å². The lowest BCUT2D eigenvalue weighted by Gasteiger charge is -2.12. The zero-order valence-corrected chi connectivity index (χ0v) is 14.5. The van der Waals surface area contributed by atoms with Gasteiger partial charge >= 0.3 is 6.18 Å². The highest BCUT2D eigenvalue weighted by atomic mass is 127. The number of alkyl halides is 3. The minimum Gasteiger partial charge on any atom is -0.361 e. The molecule has 0 unspecified atom stereocenters. The third-order valence-corrected chi connectivity index (χ3v) is 2.77. The second-order valence-corrected chi connectivity index (χ2v) is 4.34. The number of aliphatic imine (C=N–C) groups is 1. The molecule has 1 aromatic heterocycles. The molecule has 0 saturated carbocycles. The first-order valence-electron chi connectivity index (χ1n) is 6.26. The number of aryl methyl sites for hydroxylation is 2. The largest absolute Gasteiger partial charge is 0.390 e. The molecule has 0 aliphatic heterocycles. The van der Waals surface area contributed by atoms with E-state index in [1.165, 1.54) is 7.05 Å². The summed E-state index contributed by atoms with van der Waals surface area (Å²) < 4.78 is 41.1. The summed E-state index contributed by atoms with van der Waals surface area (Å²) >= 11 is 0. The van der Waals surface area contributed by atoms with E-state index >= 15 is 0 Å². The van der Waals surface area contributed by atoms with Gasteiger partial charge in [-0.15, -0.1) is 24.0 Å². The summed E-state index contributed by atoms with van der Waals surface area (Å²) in [6.45, 7) is 4.01. The molecule has 2 N–H and O–H groups in total. The van der Waals surface area contributed by atoms with Gasteiger partial charge in [-0.3, -0.25) is 4.99 Å². The number of nitrogens with one attached hydrogen (secondary N) is 2. The molecule has 0 spiro atoms. The molecule has 122 valence electrons. The number of guanidine groups is 1. The molecular weight excluding hydrogens is 400 g/mol. The predicted octanol–water partition coefficient (Wildman–Crippen LogP) is 2.57. The number of nitrogens with zero attached hydrogens (tertiary/aromatic N) is 2. The number of aromatic nitrogens is 1. The third-order valence-electron chi connectivity index (χ3n) is 2.77. The van der Waals surface area contributed by atoms with Gasteiger partial charge in [0.05, 0.1) is 12.1 Å². The summed E-state index contributed by atoms with van der Waals surface area (Å²) in [5, 5.41) is 9.40. The Labute approximate surface area is 138 Å². The topological polar surface area (TPSA) is 62.5 Å². The Kier molecular flexibility index (Phi) is 8.67. The first-order valence-corrected chi connectivity index (χ1v) is 6.26. The van der Waals surface area contributed by atoms with Crippen molar-refractivity contribution in [3.05, 3.63) is 17.0 Å². The van der Waals surface area contributed by atoms with E-state index in [1.807, 2.05) is 13.8 Å². The Bertz CT molecular complexity index is 440. The van der Waals surface area contributed by atoms with Crippen LogP contribution in [0, 0.1) is 13.8 Å². The fourth-order valence-corrected chi connectivity index (χ4v) is 1.71. The average Bonchev–Trinajstić information content (AvgIpc) is 2.67. The van der Waals surface area contributed by atoms with Crippen molar-refractivity contribution in [3.8, 4) is 0 Å². The lowest BCUT2D eigenvalue weighted by atomic mass is 10.1. The van der Waals surface area contributed by atoms with Gasteiger partial charge in [0.1, 0.15) is 5.76 Å². The van der Waals surface area contributed by atoms with Crippen LogP contribution in [0.5, 0.6) is 0 Å². The number of hydrogen-bond donors (Lipinski definition) is 2. The molecule has 0 aliphatic carbocycles. The highest BCUT2D eigenvalue weighted by Crippen LogP contribution is 2.18. The van der Waals surface area contributed by atoms with E-state index in [0.29, 0.717) is 18.9 Å². The van der Waals surface area contributed by atoms with Gasteiger partial charge in [-0.05, 0) is 20.3 Å². The van der Waals surface area contributed by atoms with Crippen molar-refractivity contribution in [2.24, 2.45) is 4.99 Å². The van der Waals surface area contributed by atoms with Gasteiger partial charge < -0.3 is 15.2 Å². The summed E-state index contributed by atoms with van der Waals surface area (Å²) in [5.74, 6) is 1.10. The molecule has 0 bridgehead atoms. The Morgan fingerprint density at radius 1 is 1.24 bits per heavy atom. The molecule has 0 radical (unpaired) electrons. The van der Waals surface area contributed by atoms with Gasteiger partial charge in [-0.25, -0.2) is 0 Å². The van der Waals surface area contributed by atoms with Crippen LogP contribution in [0.1, 0.15) is 23.4 Å². The fraction of sp³-hybridized carbons (Fsp3) is 0.667. The maximum absolute atomic E-state index is 12.0. The Morgan fingerprint density at radius 2 is 1.86 bits per heavy atom. The molecule has 5 nitrogen and oxygen atoms in total. The van der Waals surface area contributed by atoms with Gasteiger partial charge in [0.25, 0.3) is 0 Å². The van der Waals surface area contributed by atoms with Crippen molar-refractivity contribution >= 4 is 29.9 Å². The van der Waals surface area contributed by atoms with Crippen molar-refractivity contribution in [1.82, 2.24) is 15.8 Å². The molecule has 0 saturated heterocycles. The van der Waals surface area contributed by atoms with Crippen molar-refractivity contribution in [2.45, 2.75) is 32.9 Å². The van der Waals surface area contributed by atoms with Gasteiger partial charge in [0.15, 0.2) is 5.96 Å². The second-order valence-electron chi connectivity index (χ2n) is 4.34. The lowest BCUT2D eigenvalue weighted by molar-refractivity contribution is -0.132. The molecule has 0 aliphatic rings. The van der Waals surface area contributed by atoms with Crippen LogP contribution < -0.4 is 10.6 Å². The van der Waals surface area contributed by atoms with E-state index in [4.69, 9.17) is 4.52 Å². The van der Waals surface area contributed by atoms with E-state index in [0.717, 1.165) is 17.0 Å². The van der Waals surface area contributed by atoms with Gasteiger partial charge in [0, 0.05) is 25.7 Å². The Morgan fingerprint density at radius 3 is 2.33 bits per heavy atom. The standard InChI is InChI=1S/C12H19F3N4O.HI/c1-8-10(9(2)20-19-8)4-6-17-11(16-3)18-7-5-12(13,14)15;/h4-7H2,1-3H3,(H2,16,17,18);1H. The lowest BCUT2D eigenvalue weighted by Crippen LogP contribution is -2.39. The maximum Gasteiger partial charge on any atom is 0.390 e. The number of halogens is 4. The van der Waals surface area contributed by atoms with Crippen LogP contribution >= 0.6 is 24.0 Å². The molecule has 1 aromatic rings. The molecule has 9 heteroatoms. The van der Waals surface area contributed by atoms with Crippen LogP contribution in [0.2, 0.25) is 0 Å². The molecule has 1 rings (SSSR count).